The average Bonchev–Trinajstić information content (AvgIpc) is 2.76. The van der Waals surface area contributed by atoms with Crippen LogP contribution in [0.1, 0.15) is 52.1 Å². The predicted molar refractivity (Wildman–Crippen MR) is 71.1 cm³/mol. The molecule has 5 heteroatoms. The molecule has 0 saturated carbocycles. The molecule has 1 atom stereocenters. The standard InChI is InChI=1S/C13H22N4O/c1-12(2,3)9-8-10(17-14)16-11(15-9)13(4)6-5-7-18-13/h8H,5-7,14H2,1-4H3,(H,15,16,17). The van der Waals surface area contributed by atoms with Crippen molar-refractivity contribution in [2.24, 2.45) is 5.84 Å². The van der Waals surface area contributed by atoms with Crippen molar-refractivity contribution >= 4 is 5.82 Å². The fraction of sp³-hybridized carbons (Fsp3) is 0.692. The van der Waals surface area contributed by atoms with Gasteiger partial charge < -0.3 is 10.2 Å². The van der Waals surface area contributed by atoms with Gasteiger partial charge in [-0.1, -0.05) is 20.8 Å². The van der Waals surface area contributed by atoms with Gasteiger partial charge in [-0.3, -0.25) is 0 Å². The minimum Gasteiger partial charge on any atom is -0.367 e. The van der Waals surface area contributed by atoms with E-state index in [1.807, 2.05) is 13.0 Å². The van der Waals surface area contributed by atoms with Gasteiger partial charge in [-0.05, 0) is 19.8 Å². The van der Waals surface area contributed by atoms with Crippen LogP contribution < -0.4 is 11.3 Å². The van der Waals surface area contributed by atoms with E-state index < -0.39 is 0 Å². The lowest BCUT2D eigenvalue weighted by molar-refractivity contribution is 0.00913. The quantitative estimate of drug-likeness (QED) is 0.621. The molecule has 5 nitrogen and oxygen atoms in total. The molecule has 0 aromatic carbocycles. The van der Waals surface area contributed by atoms with Gasteiger partial charge in [-0.2, -0.15) is 0 Å². The van der Waals surface area contributed by atoms with Crippen LogP contribution in [0.3, 0.4) is 0 Å². The Morgan fingerprint density at radius 3 is 2.61 bits per heavy atom. The van der Waals surface area contributed by atoms with Gasteiger partial charge in [0.25, 0.3) is 0 Å². The molecule has 0 bridgehead atoms. The summed E-state index contributed by atoms with van der Waals surface area (Å²) in [6.07, 6.45) is 2.00. The highest BCUT2D eigenvalue weighted by atomic mass is 16.5. The minimum atomic E-state index is -0.382. The van der Waals surface area contributed by atoms with Crippen molar-refractivity contribution < 1.29 is 4.74 Å². The zero-order valence-corrected chi connectivity index (χ0v) is 11.6. The average molecular weight is 250 g/mol. The van der Waals surface area contributed by atoms with Crippen LogP contribution in [0.15, 0.2) is 6.07 Å². The third-order valence-electron chi connectivity index (χ3n) is 3.33. The normalized spacial score (nSPS) is 24.3. The minimum absolute atomic E-state index is 0.0434. The number of hydrazine groups is 1. The number of nitrogen functional groups attached to an aromatic ring is 1. The van der Waals surface area contributed by atoms with Crippen LogP contribution in [0.2, 0.25) is 0 Å². The third-order valence-corrected chi connectivity index (χ3v) is 3.33. The van der Waals surface area contributed by atoms with Crippen LogP contribution in [0, 0.1) is 0 Å². The van der Waals surface area contributed by atoms with Crippen molar-refractivity contribution in [2.45, 2.75) is 51.6 Å². The Kier molecular flexibility index (Phi) is 3.29. The number of rotatable bonds is 2. The highest BCUT2D eigenvalue weighted by Crippen LogP contribution is 2.35. The Balaban J connectivity index is 2.47. The van der Waals surface area contributed by atoms with E-state index in [2.05, 4.69) is 36.2 Å². The van der Waals surface area contributed by atoms with Crippen molar-refractivity contribution in [3.8, 4) is 0 Å². The molecule has 0 aliphatic carbocycles. The molecule has 1 aliphatic rings. The van der Waals surface area contributed by atoms with E-state index in [4.69, 9.17) is 10.6 Å². The molecule has 2 heterocycles. The van der Waals surface area contributed by atoms with Gasteiger partial charge in [0.15, 0.2) is 5.82 Å². The third kappa shape index (κ3) is 2.47. The smallest absolute Gasteiger partial charge is 0.162 e. The first kappa shape index (κ1) is 13.2. The Bertz CT molecular complexity index is 433. The first-order valence-electron chi connectivity index (χ1n) is 6.36. The zero-order valence-electron chi connectivity index (χ0n) is 11.6. The first-order valence-corrected chi connectivity index (χ1v) is 6.36. The first-order chi connectivity index (χ1) is 8.35. The van der Waals surface area contributed by atoms with Crippen LogP contribution in [0.4, 0.5) is 5.82 Å². The van der Waals surface area contributed by atoms with E-state index in [1.54, 1.807) is 0 Å². The summed E-state index contributed by atoms with van der Waals surface area (Å²) in [5, 5.41) is 0. The number of hydrogen-bond acceptors (Lipinski definition) is 5. The number of nitrogens with zero attached hydrogens (tertiary/aromatic N) is 2. The Morgan fingerprint density at radius 2 is 2.11 bits per heavy atom. The molecule has 1 unspecified atom stereocenters. The number of nitrogens with one attached hydrogen (secondary N) is 1. The number of hydrogen-bond donors (Lipinski definition) is 2. The van der Waals surface area contributed by atoms with Gasteiger partial charge in [0.05, 0.1) is 5.69 Å². The highest BCUT2D eigenvalue weighted by molar-refractivity contribution is 5.37. The van der Waals surface area contributed by atoms with Crippen molar-refractivity contribution in [3.63, 3.8) is 0 Å². The molecule has 1 aromatic heterocycles. The van der Waals surface area contributed by atoms with Gasteiger partial charge >= 0.3 is 0 Å². The van der Waals surface area contributed by atoms with Crippen molar-refractivity contribution in [1.82, 2.24) is 9.97 Å². The Labute approximate surface area is 108 Å². The molecule has 1 fully saturated rings. The molecule has 0 spiro atoms. The maximum Gasteiger partial charge on any atom is 0.162 e. The van der Waals surface area contributed by atoms with Crippen LogP contribution in [-0.4, -0.2) is 16.6 Å². The van der Waals surface area contributed by atoms with Crippen LogP contribution in [0.25, 0.3) is 0 Å². The molecular weight excluding hydrogens is 228 g/mol. The Morgan fingerprint density at radius 1 is 1.39 bits per heavy atom. The number of nitrogens with two attached hydrogens (primary N) is 1. The van der Waals surface area contributed by atoms with E-state index in [0.717, 1.165) is 31.0 Å². The molecular formula is C13H22N4O. The number of anilines is 1. The summed E-state index contributed by atoms with van der Waals surface area (Å²) >= 11 is 0. The largest absolute Gasteiger partial charge is 0.367 e. The van der Waals surface area contributed by atoms with E-state index in [1.165, 1.54) is 0 Å². The molecule has 1 saturated heterocycles. The number of ether oxygens (including phenoxy) is 1. The molecule has 2 rings (SSSR count). The summed E-state index contributed by atoms with van der Waals surface area (Å²) in [4.78, 5) is 9.12. The van der Waals surface area contributed by atoms with Crippen LogP contribution >= 0.6 is 0 Å². The monoisotopic (exact) mass is 250 g/mol. The summed E-state index contributed by atoms with van der Waals surface area (Å²) in [6.45, 7) is 9.18. The Hall–Kier alpha value is -1.20. The lowest BCUT2D eigenvalue weighted by atomic mass is 9.91. The number of aromatic nitrogens is 2. The molecule has 0 radical (unpaired) electrons. The highest BCUT2D eigenvalue weighted by Gasteiger charge is 2.36. The fourth-order valence-corrected chi connectivity index (χ4v) is 2.10. The van der Waals surface area contributed by atoms with E-state index in [0.29, 0.717) is 5.82 Å². The van der Waals surface area contributed by atoms with E-state index in [-0.39, 0.29) is 11.0 Å². The van der Waals surface area contributed by atoms with Crippen LogP contribution in [0.5, 0.6) is 0 Å². The molecule has 100 valence electrons. The van der Waals surface area contributed by atoms with Crippen molar-refractivity contribution in [1.29, 1.82) is 0 Å². The lowest BCUT2D eigenvalue weighted by Crippen LogP contribution is -2.27. The summed E-state index contributed by atoms with van der Waals surface area (Å²) in [7, 11) is 0. The van der Waals surface area contributed by atoms with Gasteiger partial charge in [0.2, 0.25) is 0 Å². The molecule has 3 N–H and O–H groups in total. The van der Waals surface area contributed by atoms with Gasteiger partial charge in [-0.15, -0.1) is 0 Å². The second kappa shape index (κ2) is 4.48. The maximum atomic E-state index is 5.80. The van der Waals surface area contributed by atoms with Crippen LogP contribution in [-0.2, 0) is 15.8 Å². The van der Waals surface area contributed by atoms with Gasteiger partial charge in [0, 0.05) is 18.1 Å². The summed E-state index contributed by atoms with van der Waals surface area (Å²) in [5.41, 5.74) is 3.16. The fourth-order valence-electron chi connectivity index (χ4n) is 2.10. The summed E-state index contributed by atoms with van der Waals surface area (Å²) in [6, 6.07) is 1.89. The zero-order chi connectivity index (χ0) is 13.4. The topological polar surface area (TPSA) is 73.1 Å². The van der Waals surface area contributed by atoms with Gasteiger partial charge in [-0.25, -0.2) is 15.8 Å². The second-order valence-corrected chi connectivity index (χ2v) is 6.04. The van der Waals surface area contributed by atoms with E-state index in [9.17, 15) is 0 Å². The van der Waals surface area contributed by atoms with Crippen molar-refractivity contribution in [3.05, 3.63) is 17.6 Å². The lowest BCUT2D eigenvalue weighted by Gasteiger charge is -2.25. The molecule has 0 amide bonds. The molecule has 1 aliphatic heterocycles. The second-order valence-electron chi connectivity index (χ2n) is 6.04. The van der Waals surface area contributed by atoms with Crippen molar-refractivity contribution in [2.75, 3.05) is 12.0 Å². The van der Waals surface area contributed by atoms with E-state index >= 15 is 0 Å². The predicted octanol–water partition coefficient (Wildman–Crippen LogP) is 2.09. The SMILES string of the molecule is CC(C)(C)c1cc(NN)nc(C2(C)CCCO2)n1. The molecule has 18 heavy (non-hydrogen) atoms. The molecule has 1 aromatic rings. The van der Waals surface area contributed by atoms with Gasteiger partial charge in [0.1, 0.15) is 11.4 Å². The maximum absolute atomic E-state index is 5.80. The summed E-state index contributed by atoms with van der Waals surface area (Å²) in [5.74, 6) is 6.85. The summed E-state index contributed by atoms with van der Waals surface area (Å²) < 4.78 is 5.80.